The van der Waals surface area contributed by atoms with Crippen LogP contribution in [0.2, 0.25) is 0 Å². The second-order valence-corrected chi connectivity index (χ2v) is 3.09. The van der Waals surface area contributed by atoms with Crippen molar-refractivity contribution in [2.75, 3.05) is 14.1 Å². The molecule has 0 radical (unpaired) electrons. The maximum absolute atomic E-state index is 11.3. The molecule has 0 aliphatic rings. The molecule has 0 heterocycles. The van der Waals surface area contributed by atoms with E-state index in [1.54, 1.807) is 38.4 Å². The number of phenolic OH excluding ortho intramolecular Hbond substituents is 1. The minimum Gasteiger partial charge on any atom is -0.508 e. The number of carbonyl (C=O) groups is 1. The number of rotatable bonds is 2. The van der Waals surface area contributed by atoms with Gasteiger partial charge in [-0.05, 0) is 6.07 Å². The standard InChI is InChI=1S/C10H13NO2/c1-11(2)10(13)7-8-5-3-4-6-9(8)12/h3-6,12H,7H2,1-2H3. The first-order valence-corrected chi connectivity index (χ1v) is 4.08. The Morgan fingerprint density at radius 2 is 2.00 bits per heavy atom. The maximum Gasteiger partial charge on any atom is 0.226 e. The molecule has 0 spiro atoms. The zero-order valence-electron chi connectivity index (χ0n) is 7.82. The van der Waals surface area contributed by atoms with Crippen LogP contribution in [-0.2, 0) is 11.2 Å². The van der Waals surface area contributed by atoms with E-state index >= 15 is 0 Å². The second-order valence-electron chi connectivity index (χ2n) is 3.09. The number of hydrogen-bond donors (Lipinski definition) is 1. The number of benzene rings is 1. The Morgan fingerprint density at radius 1 is 1.38 bits per heavy atom. The Balaban J connectivity index is 2.75. The van der Waals surface area contributed by atoms with Gasteiger partial charge < -0.3 is 10.0 Å². The Hall–Kier alpha value is -1.51. The number of carbonyl (C=O) groups excluding carboxylic acids is 1. The fourth-order valence-corrected chi connectivity index (χ4v) is 0.981. The Bertz CT molecular complexity index is 308. The third-order valence-corrected chi connectivity index (χ3v) is 1.83. The lowest BCUT2D eigenvalue weighted by molar-refractivity contribution is -0.127. The molecule has 1 N–H and O–H groups in total. The molecule has 3 nitrogen and oxygen atoms in total. The van der Waals surface area contributed by atoms with Crippen molar-refractivity contribution in [1.82, 2.24) is 4.90 Å². The van der Waals surface area contributed by atoms with Crippen LogP contribution in [-0.4, -0.2) is 30.0 Å². The smallest absolute Gasteiger partial charge is 0.226 e. The molecule has 0 aliphatic heterocycles. The van der Waals surface area contributed by atoms with Crippen molar-refractivity contribution in [2.24, 2.45) is 0 Å². The quantitative estimate of drug-likeness (QED) is 0.736. The third kappa shape index (κ3) is 2.47. The van der Waals surface area contributed by atoms with Crippen molar-refractivity contribution in [3.8, 4) is 5.75 Å². The number of para-hydroxylation sites is 1. The number of likely N-dealkylation sites (N-methyl/N-ethyl adjacent to an activating group) is 1. The predicted octanol–water partition coefficient (Wildman–Crippen LogP) is 1.02. The highest BCUT2D eigenvalue weighted by atomic mass is 16.3. The summed E-state index contributed by atoms with van der Waals surface area (Å²) in [5.74, 6) is 0.166. The van der Waals surface area contributed by atoms with Gasteiger partial charge in [-0.2, -0.15) is 0 Å². The summed E-state index contributed by atoms with van der Waals surface area (Å²) >= 11 is 0. The van der Waals surface area contributed by atoms with Crippen LogP contribution in [0.25, 0.3) is 0 Å². The molecule has 0 aromatic heterocycles. The summed E-state index contributed by atoms with van der Waals surface area (Å²) in [5, 5.41) is 9.37. The lowest BCUT2D eigenvalue weighted by Crippen LogP contribution is -2.23. The van der Waals surface area contributed by atoms with Gasteiger partial charge in [-0.3, -0.25) is 4.79 Å². The van der Waals surface area contributed by atoms with E-state index in [1.165, 1.54) is 4.90 Å². The van der Waals surface area contributed by atoms with Crippen molar-refractivity contribution in [3.05, 3.63) is 29.8 Å². The first kappa shape index (κ1) is 9.58. The van der Waals surface area contributed by atoms with Gasteiger partial charge in [0.25, 0.3) is 0 Å². The van der Waals surface area contributed by atoms with Crippen LogP contribution in [0.3, 0.4) is 0 Å². The number of amides is 1. The highest BCUT2D eigenvalue weighted by molar-refractivity contribution is 5.78. The summed E-state index contributed by atoms with van der Waals surface area (Å²) in [7, 11) is 3.39. The first-order valence-electron chi connectivity index (χ1n) is 4.08. The third-order valence-electron chi connectivity index (χ3n) is 1.83. The molecule has 3 heteroatoms. The van der Waals surface area contributed by atoms with Crippen LogP contribution in [0.1, 0.15) is 5.56 Å². The average Bonchev–Trinajstić information content (AvgIpc) is 2.08. The van der Waals surface area contributed by atoms with Crippen LogP contribution in [0.4, 0.5) is 0 Å². The Morgan fingerprint density at radius 3 is 2.54 bits per heavy atom. The lowest BCUT2D eigenvalue weighted by atomic mass is 10.1. The molecule has 0 bridgehead atoms. The minimum absolute atomic E-state index is 0.0125. The lowest BCUT2D eigenvalue weighted by Gasteiger charge is -2.10. The molecular formula is C10H13NO2. The van der Waals surface area contributed by atoms with Crippen molar-refractivity contribution in [1.29, 1.82) is 0 Å². The maximum atomic E-state index is 11.3. The van der Waals surface area contributed by atoms with E-state index in [9.17, 15) is 9.90 Å². The summed E-state index contributed by atoms with van der Waals surface area (Å²) in [5.41, 5.74) is 0.668. The van der Waals surface area contributed by atoms with E-state index in [0.717, 1.165) is 0 Å². The average molecular weight is 179 g/mol. The highest BCUT2D eigenvalue weighted by Crippen LogP contribution is 2.16. The number of hydrogen-bond acceptors (Lipinski definition) is 2. The topological polar surface area (TPSA) is 40.5 Å². The first-order chi connectivity index (χ1) is 6.11. The van der Waals surface area contributed by atoms with Crippen molar-refractivity contribution >= 4 is 5.91 Å². The van der Waals surface area contributed by atoms with Gasteiger partial charge in [0, 0.05) is 19.7 Å². The van der Waals surface area contributed by atoms with Gasteiger partial charge in [-0.1, -0.05) is 18.2 Å². The fourth-order valence-electron chi connectivity index (χ4n) is 0.981. The Kier molecular flexibility index (Phi) is 2.90. The summed E-state index contributed by atoms with van der Waals surface area (Å²) in [6.45, 7) is 0. The van der Waals surface area contributed by atoms with E-state index in [1.807, 2.05) is 0 Å². The number of aromatic hydroxyl groups is 1. The van der Waals surface area contributed by atoms with Crippen molar-refractivity contribution in [3.63, 3.8) is 0 Å². The molecule has 1 rings (SSSR count). The molecule has 0 aliphatic carbocycles. The SMILES string of the molecule is CN(C)C(=O)Cc1ccccc1O. The minimum atomic E-state index is -0.0125. The van der Waals surface area contributed by atoms with E-state index in [4.69, 9.17) is 0 Å². The van der Waals surface area contributed by atoms with Crippen molar-refractivity contribution in [2.45, 2.75) is 6.42 Å². The van der Waals surface area contributed by atoms with Crippen LogP contribution in [0.15, 0.2) is 24.3 Å². The number of nitrogens with zero attached hydrogens (tertiary/aromatic N) is 1. The zero-order chi connectivity index (χ0) is 9.84. The Labute approximate surface area is 77.6 Å². The summed E-state index contributed by atoms with van der Waals surface area (Å²) in [6.07, 6.45) is 0.250. The van der Waals surface area contributed by atoms with Crippen LogP contribution in [0, 0.1) is 0 Å². The van der Waals surface area contributed by atoms with Gasteiger partial charge in [0.15, 0.2) is 0 Å². The van der Waals surface area contributed by atoms with E-state index in [2.05, 4.69) is 0 Å². The zero-order valence-corrected chi connectivity index (χ0v) is 7.82. The normalized spacial score (nSPS) is 9.69. The highest BCUT2D eigenvalue weighted by Gasteiger charge is 2.07. The monoisotopic (exact) mass is 179 g/mol. The van der Waals surface area contributed by atoms with Gasteiger partial charge in [0.1, 0.15) is 5.75 Å². The second kappa shape index (κ2) is 3.94. The van der Waals surface area contributed by atoms with Gasteiger partial charge in [0.2, 0.25) is 5.91 Å². The van der Waals surface area contributed by atoms with E-state index in [0.29, 0.717) is 5.56 Å². The van der Waals surface area contributed by atoms with Crippen LogP contribution in [0.5, 0.6) is 5.75 Å². The van der Waals surface area contributed by atoms with Crippen molar-refractivity contribution < 1.29 is 9.90 Å². The van der Waals surface area contributed by atoms with Gasteiger partial charge >= 0.3 is 0 Å². The summed E-state index contributed by atoms with van der Waals surface area (Å²) in [4.78, 5) is 12.8. The molecule has 0 fully saturated rings. The molecule has 1 aromatic rings. The largest absolute Gasteiger partial charge is 0.508 e. The molecule has 13 heavy (non-hydrogen) atoms. The summed E-state index contributed by atoms with van der Waals surface area (Å²) < 4.78 is 0. The van der Waals surface area contributed by atoms with Gasteiger partial charge in [-0.25, -0.2) is 0 Å². The molecule has 0 saturated heterocycles. The summed E-state index contributed by atoms with van der Waals surface area (Å²) in [6, 6.07) is 6.87. The molecule has 70 valence electrons. The molecule has 0 atom stereocenters. The van der Waals surface area contributed by atoms with Gasteiger partial charge in [-0.15, -0.1) is 0 Å². The molecule has 0 unspecified atom stereocenters. The molecule has 1 amide bonds. The number of phenols is 1. The van der Waals surface area contributed by atoms with Gasteiger partial charge in [0.05, 0.1) is 6.42 Å². The fraction of sp³-hybridized carbons (Fsp3) is 0.300. The van der Waals surface area contributed by atoms with Crippen LogP contribution >= 0.6 is 0 Å². The molecule has 1 aromatic carbocycles. The molecule has 0 saturated carbocycles. The predicted molar refractivity (Wildman–Crippen MR) is 50.5 cm³/mol. The van der Waals surface area contributed by atoms with E-state index in [-0.39, 0.29) is 18.1 Å². The van der Waals surface area contributed by atoms with E-state index < -0.39 is 0 Å². The molecular weight excluding hydrogens is 166 g/mol. The van der Waals surface area contributed by atoms with Crippen LogP contribution < -0.4 is 0 Å².